The summed E-state index contributed by atoms with van der Waals surface area (Å²) < 4.78 is 0. The Balaban J connectivity index is 0.803. The second-order valence-corrected chi connectivity index (χ2v) is 25.1. The van der Waals surface area contributed by atoms with Crippen LogP contribution in [0.2, 0.25) is 0 Å². The minimum Gasteiger partial charge on any atom is -0.294 e. The lowest BCUT2D eigenvalue weighted by atomic mass is 9.53. The fourth-order valence-electron chi connectivity index (χ4n) is 20.4. The number of hydrogen-bond acceptors (Lipinski definition) is 1. The maximum Gasteiger partial charge on any atom is 0.0104 e. The molecule has 10 atom stereocenters. The van der Waals surface area contributed by atoms with Crippen LogP contribution in [0.1, 0.15) is 238 Å². The normalized spacial score (nSPS) is 50.2. The third-order valence-electron chi connectivity index (χ3n) is 22.9. The standard InChI is InChI=1S/C56H93N/c1-3-11-38(12-4-1)40-23-28-49(29-24-40)57(50-30-25-41(26-31-50)39-13-5-2-6-14-39)51-32-27-47-36-55-52-18-10-9-17-46(52)35-53(56(55)54(47)37-51)43-21-19-42(20-22-43)48-33-44-15-7-8-16-45(44)34-48/h38-56H,1-37H2. The second kappa shape index (κ2) is 18.0. The van der Waals surface area contributed by atoms with Crippen molar-refractivity contribution in [1.82, 2.24) is 4.90 Å². The first-order valence-electron chi connectivity index (χ1n) is 28.0. The molecule has 11 aliphatic rings. The van der Waals surface area contributed by atoms with Gasteiger partial charge in [-0.2, -0.15) is 0 Å². The van der Waals surface area contributed by atoms with Gasteiger partial charge in [-0.3, -0.25) is 4.90 Å². The molecule has 322 valence electrons. The maximum atomic E-state index is 3.45. The highest BCUT2D eigenvalue weighted by molar-refractivity contribution is 5.08. The molecule has 0 amide bonds. The molecule has 57 heavy (non-hydrogen) atoms. The quantitative estimate of drug-likeness (QED) is 0.249. The molecule has 11 aliphatic carbocycles. The van der Waals surface area contributed by atoms with Crippen LogP contribution >= 0.6 is 0 Å². The fraction of sp³-hybridized carbons (Fsp3) is 1.00. The highest BCUT2D eigenvalue weighted by atomic mass is 15.2. The fourth-order valence-corrected chi connectivity index (χ4v) is 20.4. The summed E-state index contributed by atoms with van der Waals surface area (Å²) in [6.07, 6.45) is 58.8. The van der Waals surface area contributed by atoms with Gasteiger partial charge < -0.3 is 0 Å². The molecule has 0 bridgehead atoms. The zero-order valence-electron chi connectivity index (χ0n) is 37.6. The third kappa shape index (κ3) is 8.20. The van der Waals surface area contributed by atoms with Crippen LogP contribution in [0, 0.1) is 94.7 Å². The third-order valence-corrected chi connectivity index (χ3v) is 22.9. The first-order chi connectivity index (χ1) is 28.2. The zero-order chi connectivity index (χ0) is 37.7. The molecule has 0 heterocycles. The van der Waals surface area contributed by atoms with Crippen molar-refractivity contribution in [2.45, 2.75) is 256 Å². The molecule has 0 aromatic carbocycles. The van der Waals surface area contributed by atoms with E-state index in [4.69, 9.17) is 0 Å². The van der Waals surface area contributed by atoms with E-state index in [0.717, 1.165) is 113 Å². The summed E-state index contributed by atoms with van der Waals surface area (Å²) in [7, 11) is 0. The smallest absolute Gasteiger partial charge is 0.0104 e. The number of hydrogen-bond donors (Lipinski definition) is 0. The zero-order valence-corrected chi connectivity index (χ0v) is 37.6. The monoisotopic (exact) mass is 780 g/mol. The van der Waals surface area contributed by atoms with Gasteiger partial charge in [0.25, 0.3) is 0 Å². The van der Waals surface area contributed by atoms with E-state index >= 15 is 0 Å². The lowest BCUT2D eigenvalue weighted by Gasteiger charge is -2.54. The van der Waals surface area contributed by atoms with Gasteiger partial charge in [0.05, 0.1) is 0 Å². The maximum absolute atomic E-state index is 3.45. The van der Waals surface area contributed by atoms with Crippen molar-refractivity contribution >= 4 is 0 Å². The van der Waals surface area contributed by atoms with E-state index in [9.17, 15) is 0 Å². The highest BCUT2D eigenvalue weighted by Gasteiger charge is 2.58. The SMILES string of the molecule is C1CCC(C2CCC(N(C3CCC(C4CCCCC4)CC3)C3CCC4CC5C6CCCCC6CC(C6CCC(C7CC8CCCCC8C7)CC6)C5C4C3)CC2)CC1. The predicted octanol–water partition coefficient (Wildman–Crippen LogP) is 15.8. The minimum absolute atomic E-state index is 0.930. The van der Waals surface area contributed by atoms with E-state index in [1.807, 2.05) is 0 Å². The minimum atomic E-state index is 0.930. The van der Waals surface area contributed by atoms with Gasteiger partial charge in [-0.1, -0.05) is 109 Å². The molecule has 11 rings (SSSR count). The summed E-state index contributed by atoms with van der Waals surface area (Å²) in [6, 6.07) is 2.79. The molecule has 0 radical (unpaired) electrons. The van der Waals surface area contributed by atoms with Crippen molar-refractivity contribution in [1.29, 1.82) is 0 Å². The Morgan fingerprint density at radius 1 is 0.193 bits per heavy atom. The number of fused-ring (bicyclic) bond motifs is 6. The first kappa shape index (κ1) is 39.8. The van der Waals surface area contributed by atoms with Crippen LogP contribution in [-0.4, -0.2) is 23.0 Å². The van der Waals surface area contributed by atoms with Crippen LogP contribution in [0.3, 0.4) is 0 Å². The van der Waals surface area contributed by atoms with E-state index in [-0.39, 0.29) is 0 Å². The molecule has 11 fully saturated rings. The molecule has 1 nitrogen and oxygen atoms in total. The van der Waals surface area contributed by atoms with Gasteiger partial charge in [-0.25, -0.2) is 0 Å². The van der Waals surface area contributed by atoms with Gasteiger partial charge >= 0.3 is 0 Å². The summed E-state index contributed by atoms with van der Waals surface area (Å²) in [5.41, 5.74) is 0. The van der Waals surface area contributed by atoms with Crippen molar-refractivity contribution in [2.24, 2.45) is 94.7 Å². The van der Waals surface area contributed by atoms with Crippen molar-refractivity contribution in [3.05, 3.63) is 0 Å². The van der Waals surface area contributed by atoms with Gasteiger partial charge in [0.2, 0.25) is 0 Å². The van der Waals surface area contributed by atoms with Crippen LogP contribution < -0.4 is 0 Å². The molecule has 0 N–H and O–H groups in total. The molecular formula is C56H93N. The average molecular weight is 780 g/mol. The molecule has 1 heteroatoms. The van der Waals surface area contributed by atoms with E-state index < -0.39 is 0 Å². The molecule has 11 saturated carbocycles. The lowest BCUT2D eigenvalue weighted by Crippen LogP contribution is -2.54. The summed E-state index contributed by atoms with van der Waals surface area (Å²) in [5.74, 6) is 17.8. The molecule has 0 saturated heterocycles. The summed E-state index contributed by atoms with van der Waals surface area (Å²) in [4.78, 5) is 3.45. The lowest BCUT2D eigenvalue weighted by molar-refractivity contribution is -0.0489. The van der Waals surface area contributed by atoms with Crippen molar-refractivity contribution in [2.75, 3.05) is 0 Å². The molecule has 10 unspecified atom stereocenters. The van der Waals surface area contributed by atoms with E-state index in [1.54, 1.807) is 225 Å². The van der Waals surface area contributed by atoms with Gasteiger partial charge in [-0.05, 0) is 223 Å². The Morgan fingerprint density at radius 2 is 0.561 bits per heavy atom. The van der Waals surface area contributed by atoms with Gasteiger partial charge in [0.1, 0.15) is 0 Å². The average Bonchev–Trinajstić information content (AvgIpc) is 3.90. The topological polar surface area (TPSA) is 3.24 Å². The summed E-state index contributed by atoms with van der Waals surface area (Å²) in [5, 5.41) is 0. The van der Waals surface area contributed by atoms with Gasteiger partial charge in [0.15, 0.2) is 0 Å². The number of nitrogens with zero attached hydrogens (tertiary/aromatic N) is 1. The van der Waals surface area contributed by atoms with Crippen LogP contribution in [0.5, 0.6) is 0 Å². The van der Waals surface area contributed by atoms with Crippen LogP contribution in [-0.2, 0) is 0 Å². The van der Waals surface area contributed by atoms with E-state index in [0.29, 0.717) is 0 Å². The Hall–Kier alpha value is -0.0400. The largest absolute Gasteiger partial charge is 0.294 e. The Kier molecular flexibility index (Phi) is 12.5. The summed E-state index contributed by atoms with van der Waals surface area (Å²) in [6.45, 7) is 0. The van der Waals surface area contributed by atoms with Crippen molar-refractivity contribution < 1.29 is 0 Å². The number of rotatable bonds is 7. The van der Waals surface area contributed by atoms with Gasteiger partial charge in [0, 0.05) is 18.1 Å². The molecule has 0 aliphatic heterocycles. The van der Waals surface area contributed by atoms with E-state index in [2.05, 4.69) is 4.90 Å². The Bertz CT molecular complexity index is 1200. The summed E-state index contributed by atoms with van der Waals surface area (Å²) >= 11 is 0. The van der Waals surface area contributed by atoms with Crippen molar-refractivity contribution in [3.63, 3.8) is 0 Å². The van der Waals surface area contributed by atoms with Crippen LogP contribution in [0.25, 0.3) is 0 Å². The second-order valence-electron chi connectivity index (χ2n) is 25.1. The predicted molar refractivity (Wildman–Crippen MR) is 240 cm³/mol. The van der Waals surface area contributed by atoms with Gasteiger partial charge in [-0.15, -0.1) is 0 Å². The molecule has 0 aromatic rings. The van der Waals surface area contributed by atoms with Crippen LogP contribution in [0.4, 0.5) is 0 Å². The first-order valence-corrected chi connectivity index (χ1v) is 28.0. The van der Waals surface area contributed by atoms with E-state index in [1.165, 1.54) is 12.8 Å². The highest BCUT2D eigenvalue weighted by Crippen LogP contribution is 2.65. The molecule has 0 spiro atoms. The van der Waals surface area contributed by atoms with Crippen LogP contribution in [0.15, 0.2) is 0 Å². The molecular weight excluding hydrogens is 687 g/mol. The molecule has 0 aromatic heterocycles. The Morgan fingerprint density at radius 3 is 1.16 bits per heavy atom. The Labute approximate surface area is 354 Å². The van der Waals surface area contributed by atoms with Crippen molar-refractivity contribution in [3.8, 4) is 0 Å².